The van der Waals surface area contributed by atoms with Gasteiger partial charge in [-0.05, 0) is 29.8 Å². The fraction of sp³-hybridized carbons (Fsp3) is 0.118. The molecule has 0 aliphatic carbocycles. The van der Waals surface area contributed by atoms with Crippen LogP contribution in [0.15, 0.2) is 42.5 Å². The molecule has 0 unspecified atom stereocenters. The third-order valence-corrected chi connectivity index (χ3v) is 3.74. The first-order valence-corrected chi connectivity index (χ1v) is 7.41. The molecule has 0 bridgehead atoms. The zero-order chi connectivity index (χ0) is 16.8. The van der Waals surface area contributed by atoms with Crippen molar-refractivity contribution < 1.29 is 19.4 Å². The molecule has 0 heterocycles. The Morgan fingerprint density at radius 2 is 2.00 bits per heavy atom. The molecule has 2 aromatic carbocycles. The topological polar surface area (TPSA) is 55.8 Å². The van der Waals surface area contributed by atoms with E-state index in [0.29, 0.717) is 27.1 Å². The van der Waals surface area contributed by atoms with Gasteiger partial charge < -0.3 is 14.6 Å². The summed E-state index contributed by atoms with van der Waals surface area (Å²) in [5, 5.41) is 9.68. The molecule has 0 saturated heterocycles. The van der Waals surface area contributed by atoms with Crippen molar-refractivity contribution in [3.8, 4) is 11.5 Å². The molecule has 4 nitrogen and oxygen atoms in total. The summed E-state index contributed by atoms with van der Waals surface area (Å²) in [7, 11) is 1.52. The van der Waals surface area contributed by atoms with Gasteiger partial charge in [0, 0.05) is 11.6 Å². The highest BCUT2D eigenvalue weighted by atomic mass is 35.5. The van der Waals surface area contributed by atoms with Gasteiger partial charge in [-0.1, -0.05) is 41.4 Å². The fourth-order valence-corrected chi connectivity index (χ4v) is 2.25. The third-order valence-electron chi connectivity index (χ3n) is 3.00. The minimum atomic E-state index is -1.04. The van der Waals surface area contributed by atoms with Crippen molar-refractivity contribution in [2.24, 2.45) is 0 Å². The zero-order valence-corrected chi connectivity index (χ0v) is 13.8. The van der Waals surface area contributed by atoms with E-state index in [1.165, 1.54) is 13.2 Å². The summed E-state index contributed by atoms with van der Waals surface area (Å²) in [6.45, 7) is 0.241. The molecule has 0 fully saturated rings. The third kappa shape index (κ3) is 4.65. The highest BCUT2D eigenvalue weighted by Gasteiger charge is 2.10. The molecule has 120 valence electrons. The maximum absolute atomic E-state index is 10.7. The van der Waals surface area contributed by atoms with Crippen molar-refractivity contribution >= 4 is 35.2 Å². The first kappa shape index (κ1) is 17.2. The Morgan fingerprint density at radius 1 is 1.22 bits per heavy atom. The molecule has 0 spiro atoms. The van der Waals surface area contributed by atoms with E-state index < -0.39 is 5.97 Å². The minimum absolute atomic E-state index is 0.241. The van der Waals surface area contributed by atoms with Gasteiger partial charge in [0.05, 0.1) is 17.2 Å². The number of carbonyl (C=O) groups is 1. The molecule has 0 radical (unpaired) electrons. The summed E-state index contributed by atoms with van der Waals surface area (Å²) in [5.41, 5.74) is 1.44. The molecule has 0 atom stereocenters. The van der Waals surface area contributed by atoms with Crippen LogP contribution in [0.2, 0.25) is 10.0 Å². The van der Waals surface area contributed by atoms with Crippen LogP contribution in [0.4, 0.5) is 0 Å². The average Bonchev–Trinajstić information content (AvgIpc) is 2.54. The van der Waals surface area contributed by atoms with E-state index >= 15 is 0 Å². The van der Waals surface area contributed by atoms with Crippen LogP contribution in [0.25, 0.3) is 6.08 Å². The van der Waals surface area contributed by atoms with Crippen molar-refractivity contribution in [2.45, 2.75) is 6.61 Å². The Bertz CT molecular complexity index is 741. The Labute approximate surface area is 143 Å². The molecule has 0 aliphatic rings. The van der Waals surface area contributed by atoms with E-state index in [2.05, 4.69) is 0 Å². The van der Waals surface area contributed by atoms with Gasteiger partial charge in [0.2, 0.25) is 0 Å². The van der Waals surface area contributed by atoms with Crippen LogP contribution in [0.5, 0.6) is 11.5 Å². The van der Waals surface area contributed by atoms with Gasteiger partial charge in [0.25, 0.3) is 0 Å². The van der Waals surface area contributed by atoms with Gasteiger partial charge in [-0.2, -0.15) is 0 Å². The van der Waals surface area contributed by atoms with Crippen molar-refractivity contribution in [1.29, 1.82) is 0 Å². The number of hydrogen-bond acceptors (Lipinski definition) is 3. The van der Waals surface area contributed by atoms with Crippen molar-refractivity contribution in [2.75, 3.05) is 7.11 Å². The van der Waals surface area contributed by atoms with Crippen LogP contribution in [0.1, 0.15) is 11.1 Å². The first-order valence-electron chi connectivity index (χ1n) is 6.66. The largest absolute Gasteiger partial charge is 0.493 e. The van der Waals surface area contributed by atoms with E-state index in [0.717, 1.165) is 11.6 Å². The number of hydrogen-bond donors (Lipinski definition) is 1. The normalized spacial score (nSPS) is 10.7. The number of benzene rings is 2. The fourth-order valence-electron chi connectivity index (χ4n) is 1.93. The lowest BCUT2D eigenvalue weighted by molar-refractivity contribution is -0.131. The number of carboxylic acids is 1. The first-order chi connectivity index (χ1) is 11.0. The number of aliphatic carboxylic acids is 1. The zero-order valence-electron chi connectivity index (χ0n) is 12.3. The SMILES string of the molecule is COc1cccc(/C=C\C(=O)O)c1OCc1ccc(Cl)c(Cl)c1. The van der Waals surface area contributed by atoms with E-state index in [4.69, 9.17) is 37.8 Å². The van der Waals surface area contributed by atoms with Gasteiger partial charge in [-0.3, -0.25) is 0 Å². The quantitative estimate of drug-likeness (QED) is 0.767. The van der Waals surface area contributed by atoms with Crippen LogP contribution in [-0.4, -0.2) is 18.2 Å². The van der Waals surface area contributed by atoms with Crippen molar-refractivity contribution in [3.05, 3.63) is 63.6 Å². The average molecular weight is 353 g/mol. The molecule has 0 aromatic heterocycles. The lowest BCUT2D eigenvalue weighted by Crippen LogP contribution is -2.00. The molecule has 6 heteroatoms. The van der Waals surface area contributed by atoms with Crippen LogP contribution in [0, 0.1) is 0 Å². The Morgan fingerprint density at radius 3 is 2.65 bits per heavy atom. The van der Waals surface area contributed by atoms with Crippen LogP contribution >= 0.6 is 23.2 Å². The van der Waals surface area contributed by atoms with E-state index in [1.807, 2.05) is 0 Å². The summed E-state index contributed by atoms with van der Waals surface area (Å²) >= 11 is 11.9. The molecule has 0 saturated carbocycles. The second-order valence-corrected chi connectivity index (χ2v) is 5.40. The molecular weight excluding hydrogens is 339 g/mol. The number of para-hydroxylation sites is 1. The molecular formula is C17H14Cl2O4. The van der Waals surface area contributed by atoms with Crippen LogP contribution < -0.4 is 9.47 Å². The number of rotatable bonds is 6. The van der Waals surface area contributed by atoms with Crippen LogP contribution in [0.3, 0.4) is 0 Å². The van der Waals surface area contributed by atoms with Gasteiger partial charge >= 0.3 is 5.97 Å². The lowest BCUT2D eigenvalue weighted by Gasteiger charge is -2.13. The monoisotopic (exact) mass is 352 g/mol. The molecule has 2 rings (SSSR count). The summed E-state index contributed by atoms with van der Waals surface area (Å²) in [4.78, 5) is 10.7. The number of methoxy groups -OCH3 is 1. The maximum atomic E-state index is 10.7. The van der Waals surface area contributed by atoms with E-state index in [1.54, 1.807) is 36.4 Å². The van der Waals surface area contributed by atoms with Crippen molar-refractivity contribution in [1.82, 2.24) is 0 Å². The highest BCUT2D eigenvalue weighted by molar-refractivity contribution is 6.42. The van der Waals surface area contributed by atoms with E-state index in [9.17, 15) is 4.79 Å². The number of ether oxygens (including phenoxy) is 2. The molecule has 0 aliphatic heterocycles. The number of halogens is 2. The Hall–Kier alpha value is -2.17. The standard InChI is InChI=1S/C17H14Cl2O4/c1-22-15-4-2-3-12(6-8-16(20)21)17(15)23-10-11-5-7-13(18)14(19)9-11/h2-9H,10H2,1H3,(H,20,21)/b8-6-. The predicted molar refractivity (Wildman–Crippen MR) is 90.5 cm³/mol. The second kappa shape index (κ2) is 7.90. The Kier molecular flexibility index (Phi) is 5.90. The van der Waals surface area contributed by atoms with Crippen molar-refractivity contribution in [3.63, 3.8) is 0 Å². The molecule has 23 heavy (non-hydrogen) atoms. The van der Waals surface area contributed by atoms with E-state index in [-0.39, 0.29) is 6.61 Å². The number of carboxylic acid groups (broad SMARTS) is 1. The summed E-state index contributed by atoms with van der Waals surface area (Å²) in [6.07, 6.45) is 2.50. The maximum Gasteiger partial charge on any atom is 0.328 e. The lowest BCUT2D eigenvalue weighted by atomic mass is 10.1. The highest BCUT2D eigenvalue weighted by Crippen LogP contribution is 2.33. The second-order valence-electron chi connectivity index (χ2n) is 4.59. The minimum Gasteiger partial charge on any atom is -0.493 e. The summed E-state index contributed by atoms with van der Waals surface area (Å²) < 4.78 is 11.1. The van der Waals surface area contributed by atoms with Gasteiger partial charge in [0.1, 0.15) is 6.61 Å². The van der Waals surface area contributed by atoms with Gasteiger partial charge in [0.15, 0.2) is 11.5 Å². The van der Waals surface area contributed by atoms with Gasteiger partial charge in [-0.25, -0.2) is 4.79 Å². The predicted octanol–water partition coefficient (Wildman–Crippen LogP) is 4.68. The molecule has 1 N–H and O–H groups in total. The molecule has 0 amide bonds. The molecule has 2 aromatic rings. The summed E-state index contributed by atoms with van der Waals surface area (Å²) in [5.74, 6) is -0.0700. The smallest absolute Gasteiger partial charge is 0.328 e. The summed E-state index contributed by atoms with van der Waals surface area (Å²) in [6, 6.07) is 10.4. The van der Waals surface area contributed by atoms with Crippen LogP contribution in [-0.2, 0) is 11.4 Å². The Balaban J connectivity index is 2.26. The van der Waals surface area contributed by atoms with Gasteiger partial charge in [-0.15, -0.1) is 0 Å².